The molecule has 1 aromatic rings. The zero-order valence-corrected chi connectivity index (χ0v) is 12.0. The van der Waals surface area contributed by atoms with Crippen molar-refractivity contribution in [3.63, 3.8) is 0 Å². The maximum Gasteiger partial charge on any atom is 0.328 e. The van der Waals surface area contributed by atoms with Gasteiger partial charge in [0, 0.05) is 12.2 Å². The molecule has 0 unspecified atom stereocenters. The van der Waals surface area contributed by atoms with Gasteiger partial charge in [0.2, 0.25) is 0 Å². The van der Waals surface area contributed by atoms with Crippen LogP contribution in [0.15, 0.2) is 24.3 Å². The standard InChI is InChI=1S/C13H16FNO4S/c1-3-19-12(16)13(15)10(11(13)20(2,17)18)8-5-4-6-9(14)7-8/h4-7,10-11H,3,15H2,1-2H3/t10-,11+,13+/m1/s1. The van der Waals surface area contributed by atoms with Crippen LogP contribution in [-0.4, -0.2) is 38.0 Å². The van der Waals surface area contributed by atoms with Gasteiger partial charge in [-0.2, -0.15) is 0 Å². The molecule has 0 spiro atoms. The van der Waals surface area contributed by atoms with Crippen molar-refractivity contribution >= 4 is 15.8 Å². The topological polar surface area (TPSA) is 86.5 Å². The van der Waals surface area contributed by atoms with Gasteiger partial charge in [-0.25, -0.2) is 17.6 Å². The zero-order chi connectivity index (χ0) is 15.1. The second kappa shape index (κ2) is 4.82. The molecule has 0 aliphatic heterocycles. The molecule has 7 heteroatoms. The molecular formula is C13H16FNO4S. The molecule has 2 N–H and O–H groups in total. The van der Waals surface area contributed by atoms with Gasteiger partial charge in [-0.3, -0.25) is 0 Å². The number of ether oxygens (including phenoxy) is 1. The van der Waals surface area contributed by atoms with Crippen LogP contribution in [0, 0.1) is 5.82 Å². The van der Waals surface area contributed by atoms with Gasteiger partial charge < -0.3 is 10.5 Å². The molecule has 0 bridgehead atoms. The van der Waals surface area contributed by atoms with Crippen LogP contribution in [-0.2, 0) is 19.4 Å². The van der Waals surface area contributed by atoms with E-state index >= 15 is 0 Å². The van der Waals surface area contributed by atoms with E-state index in [0.717, 1.165) is 6.26 Å². The predicted molar refractivity (Wildman–Crippen MR) is 71.3 cm³/mol. The van der Waals surface area contributed by atoms with Crippen molar-refractivity contribution in [3.8, 4) is 0 Å². The number of hydrogen-bond acceptors (Lipinski definition) is 5. The summed E-state index contributed by atoms with van der Waals surface area (Å²) in [6.45, 7) is 1.71. The summed E-state index contributed by atoms with van der Waals surface area (Å²) >= 11 is 0. The lowest BCUT2D eigenvalue weighted by Crippen LogP contribution is -2.41. The molecular weight excluding hydrogens is 285 g/mol. The minimum atomic E-state index is -3.56. The second-order valence-electron chi connectivity index (χ2n) is 4.94. The van der Waals surface area contributed by atoms with Crippen molar-refractivity contribution in [1.29, 1.82) is 0 Å². The number of benzene rings is 1. The Hall–Kier alpha value is -1.47. The molecule has 20 heavy (non-hydrogen) atoms. The van der Waals surface area contributed by atoms with E-state index in [1.54, 1.807) is 13.0 Å². The number of hydrogen-bond donors (Lipinski definition) is 1. The predicted octanol–water partition coefficient (Wildman–Crippen LogP) is 0.597. The molecule has 0 heterocycles. The number of carbonyl (C=O) groups excluding carboxylic acids is 1. The monoisotopic (exact) mass is 301 g/mol. The van der Waals surface area contributed by atoms with Gasteiger partial charge in [0.25, 0.3) is 0 Å². The Balaban J connectivity index is 2.44. The van der Waals surface area contributed by atoms with E-state index in [2.05, 4.69) is 0 Å². The van der Waals surface area contributed by atoms with Crippen molar-refractivity contribution in [2.75, 3.05) is 12.9 Å². The maximum atomic E-state index is 13.3. The van der Waals surface area contributed by atoms with E-state index in [1.807, 2.05) is 0 Å². The van der Waals surface area contributed by atoms with Crippen LogP contribution in [0.3, 0.4) is 0 Å². The van der Waals surface area contributed by atoms with Gasteiger partial charge in [0.1, 0.15) is 11.4 Å². The molecule has 1 aliphatic rings. The normalized spacial score (nSPS) is 29.0. The number of nitrogens with two attached hydrogens (primary N) is 1. The molecule has 1 fully saturated rings. The molecule has 2 rings (SSSR count). The molecule has 1 aromatic carbocycles. The first-order valence-corrected chi connectivity index (χ1v) is 8.08. The maximum absolute atomic E-state index is 13.3. The minimum Gasteiger partial charge on any atom is -0.465 e. The van der Waals surface area contributed by atoms with Crippen LogP contribution in [0.4, 0.5) is 4.39 Å². The largest absolute Gasteiger partial charge is 0.465 e. The summed E-state index contributed by atoms with van der Waals surface area (Å²) in [5.74, 6) is -2.07. The zero-order valence-electron chi connectivity index (χ0n) is 11.2. The summed E-state index contributed by atoms with van der Waals surface area (Å²) in [4.78, 5) is 11.9. The molecule has 1 aliphatic carbocycles. The smallest absolute Gasteiger partial charge is 0.328 e. The molecule has 0 amide bonds. The third-order valence-corrected chi connectivity index (χ3v) is 5.06. The van der Waals surface area contributed by atoms with Gasteiger partial charge in [-0.15, -0.1) is 0 Å². The summed E-state index contributed by atoms with van der Waals surface area (Å²) in [5.41, 5.74) is 4.70. The van der Waals surface area contributed by atoms with Crippen molar-refractivity contribution in [2.45, 2.75) is 23.6 Å². The van der Waals surface area contributed by atoms with E-state index in [1.165, 1.54) is 18.2 Å². The highest BCUT2D eigenvalue weighted by molar-refractivity contribution is 7.91. The molecule has 3 atom stereocenters. The highest BCUT2D eigenvalue weighted by Gasteiger charge is 2.73. The van der Waals surface area contributed by atoms with Crippen molar-refractivity contribution in [1.82, 2.24) is 0 Å². The lowest BCUT2D eigenvalue weighted by atomic mass is 10.1. The van der Waals surface area contributed by atoms with Crippen LogP contribution >= 0.6 is 0 Å². The van der Waals surface area contributed by atoms with E-state index in [-0.39, 0.29) is 6.61 Å². The van der Waals surface area contributed by atoms with E-state index < -0.39 is 38.3 Å². The first-order chi connectivity index (χ1) is 9.22. The van der Waals surface area contributed by atoms with Gasteiger partial charge in [-0.1, -0.05) is 12.1 Å². The molecule has 5 nitrogen and oxygen atoms in total. The van der Waals surface area contributed by atoms with Gasteiger partial charge in [0.15, 0.2) is 9.84 Å². The third kappa shape index (κ3) is 2.31. The fourth-order valence-electron chi connectivity index (χ4n) is 2.63. The Kier molecular flexibility index (Phi) is 3.60. The van der Waals surface area contributed by atoms with Crippen LogP contribution < -0.4 is 5.73 Å². The van der Waals surface area contributed by atoms with Gasteiger partial charge >= 0.3 is 5.97 Å². The number of halogens is 1. The molecule has 110 valence electrons. The van der Waals surface area contributed by atoms with Gasteiger partial charge in [-0.05, 0) is 24.6 Å². The number of rotatable bonds is 4. The number of esters is 1. The summed E-state index contributed by atoms with van der Waals surface area (Å²) in [6.07, 6.45) is 1.01. The Bertz CT molecular complexity index is 646. The number of carbonyl (C=O) groups is 1. The summed E-state index contributed by atoms with van der Waals surface area (Å²) in [5, 5.41) is -1.09. The Morgan fingerprint density at radius 1 is 1.50 bits per heavy atom. The van der Waals surface area contributed by atoms with E-state index in [4.69, 9.17) is 10.5 Å². The van der Waals surface area contributed by atoms with Crippen LogP contribution in [0.1, 0.15) is 18.4 Å². The lowest BCUT2D eigenvalue weighted by Gasteiger charge is -2.10. The van der Waals surface area contributed by atoms with E-state index in [9.17, 15) is 17.6 Å². The van der Waals surface area contributed by atoms with Gasteiger partial charge in [0.05, 0.1) is 11.9 Å². The average molecular weight is 301 g/mol. The van der Waals surface area contributed by atoms with E-state index in [0.29, 0.717) is 5.56 Å². The lowest BCUT2D eigenvalue weighted by molar-refractivity contribution is -0.145. The summed E-state index contributed by atoms with van der Waals surface area (Å²) < 4.78 is 41.7. The summed E-state index contributed by atoms with van der Waals surface area (Å²) in [6, 6.07) is 5.44. The summed E-state index contributed by atoms with van der Waals surface area (Å²) in [7, 11) is -3.56. The Labute approximate surface area is 116 Å². The first kappa shape index (κ1) is 14.9. The third-order valence-electron chi connectivity index (χ3n) is 3.48. The van der Waals surface area contributed by atoms with Crippen molar-refractivity contribution < 1.29 is 22.3 Å². The number of sulfone groups is 1. The van der Waals surface area contributed by atoms with Crippen LogP contribution in [0.2, 0.25) is 0 Å². The second-order valence-corrected chi connectivity index (χ2v) is 7.10. The minimum absolute atomic E-state index is 0.101. The average Bonchev–Trinajstić information content (AvgIpc) is 2.98. The molecule has 0 radical (unpaired) electrons. The fourth-order valence-corrected chi connectivity index (χ4v) is 4.37. The fraction of sp³-hybridized carbons (Fsp3) is 0.462. The Morgan fingerprint density at radius 3 is 2.65 bits per heavy atom. The van der Waals surface area contributed by atoms with Crippen molar-refractivity contribution in [2.24, 2.45) is 5.73 Å². The van der Waals surface area contributed by atoms with Crippen LogP contribution in [0.25, 0.3) is 0 Å². The molecule has 0 aromatic heterocycles. The SMILES string of the molecule is CCOC(=O)[C@]1(N)[C@H](c2cccc(F)c2)[C@@H]1S(C)(=O)=O. The molecule has 1 saturated carbocycles. The quantitative estimate of drug-likeness (QED) is 0.823. The Morgan fingerprint density at radius 2 is 2.15 bits per heavy atom. The molecule has 0 saturated heterocycles. The highest BCUT2D eigenvalue weighted by atomic mass is 32.2. The highest BCUT2D eigenvalue weighted by Crippen LogP contribution is 2.54. The first-order valence-electron chi connectivity index (χ1n) is 6.13. The van der Waals surface area contributed by atoms with Crippen LogP contribution in [0.5, 0.6) is 0 Å². The van der Waals surface area contributed by atoms with Crippen molar-refractivity contribution in [3.05, 3.63) is 35.6 Å².